The number of carbonyl (C=O) groups is 1. The maximum absolute atomic E-state index is 10.5. The minimum atomic E-state index is -0.663. The van der Waals surface area contributed by atoms with Gasteiger partial charge in [-0.25, -0.2) is 4.79 Å². The van der Waals surface area contributed by atoms with E-state index in [2.05, 4.69) is 9.73 Å². The number of aliphatic imine (C=N–C) groups is 1. The largest absolute Gasteiger partial charge is 0.447 e. The van der Waals surface area contributed by atoms with Gasteiger partial charge in [-0.3, -0.25) is 0 Å². The molecule has 0 spiro atoms. The Hall–Kier alpha value is -0.940. The highest BCUT2D eigenvalue weighted by Crippen LogP contribution is 1.81. The molecule has 5 nitrogen and oxygen atoms in total. The minimum Gasteiger partial charge on any atom is -0.447 e. The van der Waals surface area contributed by atoms with Crippen molar-refractivity contribution in [2.45, 2.75) is 6.42 Å². The van der Waals surface area contributed by atoms with Crippen molar-refractivity contribution in [3.8, 4) is 0 Å². The number of hydrogen-bond donors (Lipinski definition) is 2. The Morgan fingerprint density at radius 3 is 3.00 bits per heavy atom. The highest BCUT2D eigenvalue weighted by molar-refractivity contribution is 5.79. The molecule has 0 saturated carbocycles. The lowest BCUT2D eigenvalue weighted by Crippen LogP contribution is -2.11. The number of aliphatic hydroxyl groups excluding tert-OH is 1. The predicted molar refractivity (Wildman–Crippen MR) is 40.6 cm³/mol. The van der Waals surface area contributed by atoms with E-state index in [4.69, 9.17) is 10.8 Å². The zero-order valence-corrected chi connectivity index (χ0v) is 6.19. The number of rotatable bonds is 4. The van der Waals surface area contributed by atoms with Gasteiger partial charge in [0.25, 0.3) is 0 Å². The SMILES string of the molecule is NCCOC(=O)N=CCCO. The summed E-state index contributed by atoms with van der Waals surface area (Å²) in [6.07, 6.45) is 1.00. The van der Waals surface area contributed by atoms with Gasteiger partial charge in [0, 0.05) is 25.8 Å². The molecule has 0 fully saturated rings. The standard InChI is InChI=1S/C6H12N2O3/c7-2-5-11-6(10)8-3-1-4-9/h3,9H,1-2,4-5,7H2. The van der Waals surface area contributed by atoms with Crippen molar-refractivity contribution in [3.63, 3.8) is 0 Å². The quantitative estimate of drug-likeness (QED) is 0.545. The highest BCUT2D eigenvalue weighted by Gasteiger charge is 1.94. The third-order valence-electron chi connectivity index (χ3n) is 0.798. The van der Waals surface area contributed by atoms with Crippen LogP contribution < -0.4 is 5.73 Å². The van der Waals surface area contributed by atoms with Gasteiger partial charge in [-0.1, -0.05) is 0 Å². The number of nitrogens with zero attached hydrogens (tertiary/aromatic N) is 1. The first kappa shape index (κ1) is 10.1. The molecule has 0 aliphatic heterocycles. The number of hydrogen-bond acceptors (Lipinski definition) is 4. The highest BCUT2D eigenvalue weighted by atomic mass is 16.5. The van der Waals surface area contributed by atoms with Gasteiger partial charge in [-0.2, -0.15) is 4.99 Å². The van der Waals surface area contributed by atoms with Crippen molar-refractivity contribution >= 4 is 12.3 Å². The van der Waals surface area contributed by atoms with Crippen LogP contribution >= 0.6 is 0 Å². The predicted octanol–water partition coefficient (Wildman–Crippen LogP) is -0.465. The molecule has 1 amide bonds. The van der Waals surface area contributed by atoms with Crippen molar-refractivity contribution in [2.24, 2.45) is 10.7 Å². The molecule has 11 heavy (non-hydrogen) atoms. The van der Waals surface area contributed by atoms with Crippen molar-refractivity contribution in [1.29, 1.82) is 0 Å². The smallest absolute Gasteiger partial charge is 0.433 e. The number of nitrogens with two attached hydrogens (primary N) is 1. The third kappa shape index (κ3) is 6.95. The van der Waals surface area contributed by atoms with E-state index >= 15 is 0 Å². The molecule has 0 rings (SSSR count). The van der Waals surface area contributed by atoms with Gasteiger partial charge < -0.3 is 15.6 Å². The summed E-state index contributed by atoms with van der Waals surface area (Å²) in [5.74, 6) is 0. The molecule has 5 heteroatoms. The van der Waals surface area contributed by atoms with Gasteiger partial charge in [-0.05, 0) is 0 Å². The normalized spacial score (nSPS) is 10.4. The van der Waals surface area contributed by atoms with Gasteiger partial charge in [-0.15, -0.1) is 0 Å². The molecule has 0 aliphatic rings. The lowest BCUT2D eigenvalue weighted by Gasteiger charge is -1.95. The molecule has 0 saturated heterocycles. The van der Waals surface area contributed by atoms with E-state index < -0.39 is 6.09 Å². The van der Waals surface area contributed by atoms with E-state index in [0.717, 1.165) is 0 Å². The van der Waals surface area contributed by atoms with Crippen LogP contribution in [-0.4, -0.2) is 37.2 Å². The second-order valence-corrected chi connectivity index (χ2v) is 1.73. The summed E-state index contributed by atoms with van der Waals surface area (Å²) < 4.78 is 4.49. The second-order valence-electron chi connectivity index (χ2n) is 1.73. The molecule has 0 heterocycles. The number of ether oxygens (including phenoxy) is 1. The third-order valence-corrected chi connectivity index (χ3v) is 0.798. The van der Waals surface area contributed by atoms with E-state index in [1.165, 1.54) is 6.21 Å². The Bertz CT molecular complexity index is 136. The number of aliphatic hydroxyl groups is 1. The van der Waals surface area contributed by atoms with Crippen LogP contribution in [0.2, 0.25) is 0 Å². The number of carbonyl (C=O) groups excluding carboxylic acids is 1. The van der Waals surface area contributed by atoms with Gasteiger partial charge in [0.05, 0.1) is 0 Å². The maximum atomic E-state index is 10.5. The summed E-state index contributed by atoms with van der Waals surface area (Å²) in [5, 5.41) is 8.29. The molecular formula is C6H12N2O3. The molecule has 0 bridgehead atoms. The minimum absolute atomic E-state index is 0.0202. The van der Waals surface area contributed by atoms with Gasteiger partial charge in [0.2, 0.25) is 0 Å². The van der Waals surface area contributed by atoms with E-state index in [9.17, 15) is 4.79 Å². The topological polar surface area (TPSA) is 84.9 Å². The maximum Gasteiger partial charge on any atom is 0.433 e. The van der Waals surface area contributed by atoms with E-state index in [1.807, 2.05) is 0 Å². The first-order chi connectivity index (χ1) is 5.31. The van der Waals surface area contributed by atoms with Crippen LogP contribution in [0.15, 0.2) is 4.99 Å². The van der Waals surface area contributed by atoms with E-state index in [-0.39, 0.29) is 13.2 Å². The summed E-state index contributed by atoms with van der Waals surface area (Å²) in [7, 11) is 0. The zero-order valence-electron chi connectivity index (χ0n) is 6.19. The fourth-order valence-electron chi connectivity index (χ4n) is 0.380. The second kappa shape index (κ2) is 7.17. The Kier molecular flexibility index (Phi) is 6.56. The Morgan fingerprint density at radius 1 is 1.73 bits per heavy atom. The van der Waals surface area contributed by atoms with Crippen LogP contribution in [0.4, 0.5) is 4.79 Å². The van der Waals surface area contributed by atoms with Crippen LogP contribution in [0.3, 0.4) is 0 Å². The van der Waals surface area contributed by atoms with Crippen molar-refractivity contribution in [3.05, 3.63) is 0 Å². The van der Waals surface area contributed by atoms with E-state index in [0.29, 0.717) is 13.0 Å². The molecule has 0 aliphatic carbocycles. The van der Waals surface area contributed by atoms with Gasteiger partial charge in [0.15, 0.2) is 0 Å². The summed E-state index contributed by atoms with van der Waals surface area (Å²) in [4.78, 5) is 13.9. The van der Waals surface area contributed by atoms with Crippen LogP contribution in [0.5, 0.6) is 0 Å². The molecule has 0 radical (unpaired) electrons. The number of amides is 1. The summed E-state index contributed by atoms with van der Waals surface area (Å²) >= 11 is 0. The van der Waals surface area contributed by atoms with E-state index in [1.54, 1.807) is 0 Å². The molecule has 0 aromatic rings. The van der Waals surface area contributed by atoms with Gasteiger partial charge >= 0.3 is 6.09 Å². The fourth-order valence-corrected chi connectivity index (χ4v) is 0.380. The summed E-state index contributed by atoms with van der Waals surface area (Å²) in [6.45, 7) is 0.449. The Balaban J connectivity index is 3.35. The zero-order chi connectivity index (χ0) is 8.53. The van der Waals surface area contributed by atoms with Crippen molar-refractivity contribution in [2.75, 3.05) is 19.8 Å². The van der Waals surface area contributed by atoms with Crippen LogP contribution in [0.25, 0.3) is 0 Å². The Labute approximate surface area is 64.9 Å². The lowest BCUT2D eigenvalue weighted by molar-refractivity contribution is 0.161. The molecule has 3 N–H and O–H groups in total. The average Bonchev–Trinajstić information content (AvgIpc) is 2.01. The van der Waals surface area contributed by atoms with Crippen LogP contribution in [-0.2, 0) is 4.74 Å². The van der Waals surface area contributed by atoms with Gasteiger partial charge in [0.1, 0.15) is 6.61 Å². The molecule has 0 unspecified atom stereocenters. The first-order valence-corrected chi connectivity index (χ1v) is 3.31. The average molecular weight is 160 g/mol. The monoisotopic (exact) mass is 160 g/mol. The van der Waals surface area contributed by atoms with Crippen LogP contribution in [0.1, 0.15) is 6.42 Å². The molecule has 0 atom stereocenters. The first-order valence-electron chi connectivity index (χ1n) is 3.31. The Morgan fingerprint density at radius 2 is 2.45 bits per heavy atom. The molecule has 64 valence electrons. The van der Waals surface area contributed by atoms with Crippen molar-refractivity contribution < 1.29 is 14.6 Å². The molecule has 0 aromatic heterocycles. The lowest BCUT2D eigenvalue weighted by atomic mass is 10.5. The molecular weight excluding hydrogens is 148 g/mol. The summed E-state index contributed by atoms with van der Waals surface area (Å²) in [6, 6.07) is 0. The fraction of sp³-hybridized carbons (Fsp3) is 0.667. The van der Waals surface area contributed by atoms with Crippen LogP contribution in [0, 0.1) is 0 Å². The van der Waals surface area contributed by atoms with Crippen molar-refractivity contribution in [1.82, 2.24) is 0 Å². The summed E-state index contributed by atoms with van der Waals surface area (Å²) in [5.41, 5.74) is 5.06. The molecule has 0 aromatic carbocycles.